The topological polar surface area (TPSA) is 71.3 Å². The Balaban J connectivity index is 4.70. The van der Waals surface area contributed by atoms with Gasteiger partial charge in [-0.2, -0.15) is 5.26 Å². The molecule has 0 aliphatic carbocycles. The van der Waals surface area contributed by atoms with Gasteiger partial charge in [0.25, 0.3) is 0 Å². The first-order valence-electron chi connectivity index (χ1n) is 7.40. The fourth-order valence-corrected chi connectivity index (χ4v) is 2.79. The highest BCUT2D eigenvalue weighted by molar-refractivity contribution is 6.69. The number of carbonyl (C=O) groups excluding carboxylic acids is 1. The summed E-state index contributed by atoms with van der Waals surface area (Å²) >= 11 is 0. The number of nitrogens with one attached hydrogen (secondary N) is 1. The van der Waals surface area contributed by atoms with Gasteiger partial charge in [-0.25, -0.2) is 4.79 Å². The van der Waals surface area contributed by atoms with E-state index in [9.17, 15) is 10.1 Å². The highest BCUT2D eigenvalue weighted by Crippen LogP contribution is 2.21. The summed E-state index contributed by atoms with van der Waals surface area (Å²) in [5.74, 6) is 0.162. The van der Waals surface area contributed by atoms with Crippen molar-refractivity contribution >= 4 is 14.4 Å². The second-order valence-corrected chi connectivity index (χ2v) is 12.0. The standard InChI is InChI=1S/C15H30N2O3Si/c1-11(2)12(13(9-16)20-21(6,7)8)10-17-14(18)19-15(3,4)5/h11-13H,10H2,1-8H3,(H,17,18). The highest BCUT2D eigenvalue weighted by Gasteiger charge is 2.30. The Kier molecular flexibility index (Phi) is 7.41. The minimum atomic E-state index is -1.81. The molecule has 0 bridgehead atoms. The Morgan fingerprint density at radius 3 is 2.14 bits per heavy atom. The van der Waals surface area contributed by atoms with E-state index in [0.29, 0.717) is 6.54 Å². The van der Waals surface area contributed by atoms with E-state index in [4.69, 9.17) is 9.16 Å². The summed E-state index contributed by atoms with van der Waals surface area (Å²) in [7, 11) is -1.81. The maximum atomic E-state index is 11.7. The lowest BCUT2D eigenvalue weighted by atomic mass is 9.91. The molecule has 0 aromatic heterocycles. The monoisotopic (exact) mass is 314 g/mol. The van der Waals surface area contributed by atoms with Crippen molar-refractivity contribution in [3.63, 3.8) is 0 Å². The molecular weight excluding hydrogens is 284 g/mol. The van der Waals surface area contributed by atoms with Crippen LogP contribution in [0.15, 0.2) is 0 Å². The second kappa shape index (κ2) is 7.81. The van der Waals surface area contributed by atoms with Crippen molar-refractivity contribution in [3.8, 4) is 6.07 Å². The van der Waals surface area contributed by atoms with Crippen molar-refractivity contribution in [3.05, 3.63) is 0 Å². The normalized spacial score (nSPS) is 15.2. The Labute approximate surface area is 130 Å². The van der Waals surface area contributed by atoms with E-state index >= 15 is 0 Å². The van der Waals surface area contributed by atoms with Gasteiger partial charge in [0.1, 0.15) is 11.7 Å². The zero-order valence-corrected chi connectivity index (χ0v) is 15.6. The summed E-state index contributed by atoms with van der Waals surface area (Å²) in [5.41, 5.74) is -0.527. The van der Waals surface area contributed by atoms with Crippen molar-refractivity contribution in [1.29, 1.82) is 5.26 Å². The zero-order valence-electron chi connectivity index (χ0n) is 14.6. The molecule has 21 heavy (non-hydrogen) atoms. The summed E-state index contributed by atoms with van der Waals surface area (Å²) in [5, 5.41) is 12.1. The Hall–Kier alpha value is -1.06. The molecular formula is C15H30N2O3Si. The van der Waals surface area contributed by atoms with Gasteiger partial charge in [-0.05, 0) is 46.3 Å². The van der Waals surface area contributed by atoms with Crippen LogP contribution in [0.2, 0.25) is 19.6 Å². The highest BCUT2D eigenvalue weighted by atomic mass is 28.4. The van der Waals surface area contributed by atoms with Crippen LogP contribution in [0.4, 0.5) is 4.79 Å². The number of hydrogen-bond donors (Lipinski definition) is 1. The number of alkyl carbamates (subject to hydrolysis) is 1. The third kappa shape index (κ3) is 9.48. The third-order valence-corrected chi connectivity index (χ3v) is 3.69. The molecule has 0 radical (unpaired) electrons. The van der Waals surface area contributed by atoms with E-state index in [1.807, 2.05) is 34.6 Å². The quantitative estimate of drug-likeness (QED) is 0.761. The van der Waals surface area contributed by atoms with E-state index in [-0.39, 0.29) is 11.8 Å². The Bertz CT molecular complexity index is 378. The predicted molar refractivity (Wildman–Crippen MR) is 86.4 cm³/mol. The number of hydrogen-bond acceptors (Lipinski definition) is 4. The summed E-state index contributed by atoms with van der Waals surface area (Å²) in [6.07, 6.45) is -0.968. The molecule has 6 heteroatoms. The molecule has 0 fully saturated rings. The molecule has 0 spiro atoms. The molecule has 0 aliphatic rings. The number of nitriles is 1. The maximum Gasteiger partial charge on any atom is 0.407 e. The second-order valence-electron chi connectivity index (χ2n) is 7.57. The van der Waals surface area contributed by atoms with Crippen molar-refractivity contribution in [2.24, 2.45) is 11.8 Å². The lowest BCUT2D eigenvalue weighted by Gasteiger charge is -2.31. The summed E-state index contributed by atoms with van der Waals surface area (Å²) in [6.45, 7) is 16.0. The summed E-state index contributed by atoms with van der Waals surface area (Å²) in [4.78, 5) is 11.7. The molecule has 0 aromatic carbocycles. The smallest absolute Gasteiger partial charge is 0.407 e. The predicted octanol–water partition coefficient (Wildman–Crippen LogP) is 3.53. The molecule has 2 unspecified atom stereocenters. The van der Waals surface area contributed by atoms with Crippen LogP contribution < -0.4 is 5.32 Å². The average molecular weight is 315 g/mol. The number of amides is 1. The van der Waals surface area contributed by atoms with Gasteiger partial charge in [0.15, 0.2) is 8.32 Å². The Morgan fingerprint density at radius 2 is 1.81 bits per heavy atom. The number of carbonyl (C=O) groups is 1. The van der Waals surface area contributed by atoms with Crippen LogP contribution in [0.3, 0.4) is 0 Å². The van der Waals surface area contributed by atoms with Gasteiger partial charge in [-0.15, -0.1) is 0 Å². The summed E-state index contributed by atoms with van der Waals surface area (Å²) < 4.78 is 11.1. The van der Waals surface area contributed by atoms with Crippen molar-refractivity contribution in [2.75, 3.05) is 6.54 Å². The maximum absolute atomic E-state index is 11.7. The minimum absolute atomic E-state index is 0.0609. The first kappa shape index (κ1) is 19.9. The van der Waals surface area contributed by atoms with Gasteiger partial charge in [0.05, 0.1) is 6.07 Å². The molecule has 0 aromatic rings. The number of nitrogens with zero attached hydrogens (tertiary/aromatic N) is 1. The van der Waals surface area contributed by atoms with Crippen molar-refractivity contribution < 1.29 is 14.0 Å². The van der Waals surface area contributed by atoms with E-state index in [0.717, 1.165) is 0 Å². The van der Waals surface area contributed by atoms with E-state index in [1.54, 1.807) is 0 Å². The Morgan fingerprint density at radius 1 is 1.29 bits per heavy atom. The average Bonchev–Trinajstić information content (AvgIpc) is 2.22. The first-order valence-corrected chi connectivity index (χ1v) is 10.8. The van der Waals surface area contributed by atoms with Gasteiger partial charge in [0.2, 0.25) is 0 Å². The van der Waals surface area contributed by atoms with Gasteiger partial charge < -0.3 is 14.5 Å². The van der Waals surface area contributed by atoms with Gasteiger partial charge in [-0.3, -0.25) is 0 Å². The van der Waals surface area contributed by atoms with Crippen molar-refractivity contribution in [2.45, 2.75) is 66.0 Å². The van der Waals surface area contributed by atoms with Crippen LogP contribution in [-0.2, 0) is 9.16 Å². The lowest BCUT2D eigenvalue weighted by molar-refractivity contribution is 0.0494. The van der Waals surface area contributed by atoms with Crippen LogP contribution in [0.1, 0.15) is 34.6 Å². The van der Waals surface area contributed by atoms with Gasteiger partial charge >= 0.3 is 6.09 Å². The molecule has 0 saturated carbocycles. The van der Waals surface area contributed by atoms with Gasteiger partial charge in [-0.1, -0.05) is 13.8 Å². The molecule has 5 nitrogen and oxygen atoms in total. The summed E-state index contributed by atoms with van der Waals surface area (Å²) in [6, 6.07) is 2.23. The van der Waals surface area contributed by atoms with E-state index in [2.05, 4.69) is 31.0 Å². The first-order chi connectivity index (χ1) is 9.35. The largest absolute Gasteiger partial charge is 0.444 e. The molecule has 0 rings (SSSR count). The zero-order chi connectivity index (χ0) is 16.8. The molecule has 0 saturated heterocycles. The van der Waals surface area contributed by atoms with Gasteiger partial charge in [0, 0.05) is 12.5 Å². The van der Waals surface area contributed by atoms with Crippen LogP contribution in [0, 0.1) is 23.2 Å². The fourth-order valence-electron chi connectivity index (χ4n) is 1.80. The number of rotatable bonds is 6. The molecule has 0 aliphatic heterocycles. The number of ether oxygens (including phenoxy) is 1. The molecule has 1 N–H and O–H groups in total. The van der Waals surface area contributed by atoms with Crippen LogP contribution in [0.25, 0.3) is 0 Å². The SMILES string of the molecule is CC(C)C(CNC(=O)OC(C)(C)C)C(C#N)O[Si](C)(C)C. The molecule has 2 atom stereocenters. The van der Waals surface area contributed by atoms with E-state index in [1.165, 1.54) is 0 Å². The van der Waals surface area contributed by atoms with Crippen LogP contribution >= 0.6 is 0 Å². The molecule has 122 valence electrons. The van der Waals surface area contributed by atoms with Crippen LogP contribution in [0.5, 0.6) is 0 Å². The van der Waals surface area contributed by atoms with E-state index < -0.39 is 26.1 Å². The van der Waals surface area contributed by atoms with Crippen LogP contribution in [-0.4, -0.2) is 32.7 Å². The lowest BCUT2D eigenvalue weighted by Crippen LogP contribution is -2.43. The molecule has 1 amide bonds. The third-order valence-electron chi connectivity index (χ3n) is 2.73. The minimum Gasteiger partial charge on any atom is -0.444 e. The fraction of sp³-hybridized carbons (Fsp3) is 0.867. The van der Waals surface area contributed by atoms with Crippen molar-refractivity contribution in [1.82, 2.24) is 5.32 Å². The molecule has 0 heterocycles.